The Labute approximate surface area is 137 Å². The van der Waals surface area contributed by atoms with Crippen LogP contribution < -0.4 is 4.57 Å². The molecule has 1 nitrogen and oxygen atoms in total. The van der Waals surface area contributed by atoms with Crippen molar-refractivity contribution in [2.45, 2.75) is 20.7 Å². The first-order chi connectivity index (χ1) is 11.8. The number of aromatic nitrogens is 1. The van der Waals surface area contributed by atoms with E-state index in [4.69, 9.17) is 4.11 Å². The monoisotopic (exact) mass is 291 g/mol. The first-order valence-electron chi connectivity index (χ1n) is 8.95. The molecule has 0 spiro atoms. The Bertz CT molecular complexity index is 927. The molecule has 3 aromatic rings. The fourth-order valence-corrected chi connectivity index (χ4v) is 2.90. The fourth-order valence-electron chi connectivity index (χ4n) is 2.90. The second kappa shape index (κ2) is 5.76. The number of pyridine rings is 1. The lowest BCUT2D eigenvalue weighted by molar-refractivity contribution is -0.660. The molecule has 22 heavy (non-hydrogen) atoms. The van der Waals surface area contributed by atoms with Crippen LogP contribution in [-0.2, 0) is 7.05 Å². The zero-order valence-corrected chi connectivity index (χ0v) is 13.2. The van der Waals surface area contributed by atoms with Gasteiger partial charge in [0.1, 0.15) is 7.05 Å². The standard InChI is InChI=1S/C21H22N/c1-15-11-12-18(17(3)14-15)20-10-7-13-22(4)21(20)19-9-6-5-8-16(19)2/h5-14H,1-4H3/q+1/i3D3. The molecule has 0 amide bonds. The zero-order chi connectivity index (χ0) is 18.2. The number of hydrogen-bond acceptors (Lipinski definition) is 0. The van der Waals surface area contributed by atoms with Gasteiger partial charge in [-0.05, 0) is 49.5 Å². The number of hydrogen-bond donors (Lipinski definition) is 0. The summed E-state index contributed by atoms with van der Waals surface area (Å²) in [4.78, 5) is 0. The molecule has 0 N–H and O–H groups in total. The third-order valence-corrected chi connectivity index (χ3v) is 4.05. The van der Waals surface area contributed by atoms with Crippen molar-refractivity contribution in [2.24, 2.45) is 7.05 Å². The molecule has 0 aliphatic carbocycles. The van der Waals surface area contributed by atoms with E-state index in [1.807, 2.05) is 56.6 Å². The van der Waals surface area contributed by atoms with Gasteiger partial charge in [-0.25, -0.2) is 4.57 Å². The molecule has 0 aliphatic rings. The summed E-state index contributed by atoms with van der Waals surface area (Å²) in [6.07, 6.45) is 1.99. The first-order valence-corrected chi connectivity index (χ1v) is 7.45. The largest absolute Gasteiger partial charge is 0.220 e. The Hall–Kier alpha value is -2.41. The fraction of sp³-hybridized carbons (Fsp3) is 0.190. The van der Waals surface area contributed by atoms with Gasteiger partial charge in [0.05, 0.1) is 5.56 Å². The third kappa shape index (κ3) is 2.55. The van der Waals surface area contributed by atoms with Crippen molar-refractivity contribution in [3.8, 4) is 22.4 Å². The molecule has 0 aliphatic heterocycles. The van der Waals surface area contributed by atoms with Crippen molar-refractivity contribution >= 4 is 0 Å². The van der Waals surface area contributed by atoms with E-state index in [0.717, 1.165) is 33.5 Å². The smallest absolute Gasteiger partial charge is 0.200 e. The normalized spacial score (nSPS) is 13.3. The van der Waals surface area contributed by atoms with Gasteiger partial charge in [-0.2, -0.15) is 0 Å². The van der Waals surface area contributed by atoms with E-state index < -0.39 is 6.85 Å². The van der Waals surface area contributed by atoms with Crippen molar-refractivity contribution in [3.63, 3.8) is 0 Å². The maximum Gasteiger partial charge on any atom is 0.220 e. The van der Waals surface area contributed by atoms with Gasteiger partial charge in [0.15, 0.2) is 6.20 Å². The summed E-state index contributed by atoms with van der Waals surface area (Å²) in [6, 6.07) is 17.8. The number of benzene rings is 2. The minimum Gasteiger partial charge on any atom is -0.200 e. The van der Waals surface area contributed by atoms with Crippen LogP contribution >= 0.6 is 0 Å². The van der Waals surface area contributed by atoms with Crippen LogP contribution in [0, 0.1) is 20.7 Å². The number of rotatable bonds is 2. The van der Waals surface area contributed by atoms with Gasteiger partial charge in [0.25, 0.3) is 0 Å². The van der Waals surface area contributed by atoms with E-state index in [0.29, 0.717) is 5.56 Å². The lowest BCUT2D eigenvalue weighted by Gasteiger charge is -2.12. The SMILES string of the molecule is [2H]C([2H])([2H])c1cc(C)ccc1-c1ccc[n+](C)c1-c1ccccc1C. The molecule has 0 saturated heterocycles. The van der Waals surface area contributed by atoms with Crippen LogP contribution in [0.25, 0.3) is 22.4 Å². The number of nitrogens with zero attached hydrogens (tertiary/aromatic N) is 1. The van der Waals surface area contributed by atoms with Crippen molar-refractivity contribution in [3.05, 3.63) is 77.5 Å². The van der Waals surface area contributed by atoms with Crippen molar-refractivity contribution < 1.29 is 8.68 Å². The number of aryl methyl sites for hydroxylation is 4. The summed E-state index contributed by atoms with van der Waals surface area (Å²) >= 11 is 0. The molecule has 0 atom stereocenters. The van der Waals surface area contributed by atoms with E-state index in [2.05, 4.69) is 23.6 Å². The zero-order valence-electron chi connectivity index (χ0n) is 16.2. The molecule has 1 heteroatoms. The molecule has 0 bridgehead atoms. The van der Waals surface area contributed by atoms with E-state index in [1.165, 1.54) is 0 Å². The second-order valence-electron chi connectivity index (χ2n) is 5.75. The average molecular weight is 291 g/mol. The summed E-state index contributed by atoms with van der Waals surface area (Å²) in [5, 5.41) is 0. The Balaban J connectivity index is 2.35. The van der Waals surface area contributed by atoms with Crippen molar-refractivity contribution in [1.29, 1.82) is 0 Å². The Morgan fingerprint density at radius 2 is 1.59 bits per heavy atom. The molecule has 0 radical (unpaired) electrons. The van der Waals surface area contributed by atoms with Crippen molar-refractivity contribution in [1.82, 2.24) is 0 Å². The van der Waals surface area contributed by atoms with Gasteiger partial charge in [0.2, 0.25) is 5.69 Å². The topological polar surface area (TPSA) is 3.88 Å². The molecular formula is C21H22N+. The molecule has 1 heterocycles. The first kappa shape index (κ1) is 11.2. The molecule has 2 aromatic carbocycles. The maximum atomic E-state index is 7.96. The maximum absolute atomic E-state index is 7.96. The molecule has 0 unspecified atom stereocenters. The van der Waals surface area contributed by atoms with Gasteiger partial charge in [-0.1, -0.05) is 42.0 Å². The average Bonchev–Trinajstić information content (AvgIpc) is 2.55. The van der Waals surface area contributed by atoms with Gasteiger partial charge >= 0.3 is 0 Å². The third-order valence-electron chi connectivity index (χ3n) is 4.05. The van der Waals surface area contributed by atoms with Crippen LogP contribution in [-0.4, -0.2) is 0 Å². The van der Waals surface area contributed by atoms with E-state index in [-0.39, 0.29) is 0 Å². The molecular weight excluding hydrogens is 266 g/mol. The predicted octanol–water partition coefficient (Wildman–Crippen LogP) is 4.77. The summed E-state index contributed by atoms with van der Waals surface area (Å²) in [5.74, 6) is 0. The van der Waals surface area contributed by atoms with Crippen molar-refractivity contribution in [2.75, 3.05) is 0 Å². The predicted molar refractivity (Wildman–Crippen MR) is 92.7 cm³/mol. The highest BCUT2D eigenvalue weighted by Gasteiger charge is 2.19. The molecule has 1 aromatic heterocycles. The molecule has 0 saturated carbocycles. The second-order valence-corrected chi connectivity index (χ2v) is 5.75. The minimum atomic E-state index is -2.15. The van der Waals surface area contributed by atoms with Gasteiger partial charge in [-0.15, -0.1) is 0 Å². The summed E-state index contributed by atoms with van der Waals surface area (Å²) < 4.78 is 25.9. The molecule has 0 fully saturated rings. The van der Waals surface area contributed by atoms with Gasteiger partial charge in [-0.3, -0.25) is 0 Å². The summed E-state index contributed by atoms with van der Waals surface area (Å²) in [5.41, 5.74) is 6.34. The van der Waals surface area contributed by atoms with Crippen LogP contribution in [0.3, 0.4) is 0 Å². The molecule has 3 rings (SSSR count). The van der Waals surface area contributed by atoms with Crippen LogP contribution in [0.15, 0.2) is 60.8 Å². The quantitative estimate of drug-likeness (QED) is 0.599. The van der Waals surface area contributed by atoms with Crippen LogP contribution in [0.4, 0.5) is 0 Å². The van der Waals surface area contributed by atoms with Crippen LogP contribution in [0.2, 0.25) is 0 Å². The highest BCUT2D eigenvalue weighted by molar-refractivity contribution is 5.81. The van der Waals surface area contributed by atoms with Gasteiger partial charge in [0, 0.05) is 15.7 Å². The van der Waals surface area contributed by atoms with E-state index in [1.54, 1.807) is 6.07 Å². The Kier molecular flexibility index (Phi) is 2.93. The van der Waals surface area contributed by atoms with Crippen LogP contribution in [0.5, 0.6) is 0 Å². The van der Waals surface area contributed by atoms with Crippen LogP contribution in [0.1, 0.15) is 20.8 Å². The lowest BCUT2D eigenvalue weighted by Crippen LogP contribution is -2.31. The summed E-state index contributed by atoms with van der Waals surface area (Å²) in [7, 11) is 1.99. The minimum absolute atomic E-state index is 0.397. The highest BCUT2D eigenvalue weighted by atomic mass is 14.9. The lowest BCUT2D eigenvalue weighted by atomic mass is 9.93. The van der Waals surface area contributed by atoms with E-state index in [9.17, 15) is 0 Å². The highest BCUT2D eigenvalue weighted by Crippen LogP contribution is 2.32. The van der Waals surface area contributed by atoms with Gasteiger partial charge < -0.3 is 0 Å². The summed E-state index contributed by atoms with van der Waals surface area (Å²) in [6.45, 7) is 1.84. The Morgan fingerprint density at radius 1 is 0.818 bits per heavy atom. The van der Waals surface area contributed by atoms with E-state index >= 15 is 0 Å². The Morgan fingerprint density at radius 3 is 2.36 bits per heavy atom. The molecule has 110 valence electrons.